The Bertz CT molecular complexity index is 1060. The molecule has 1 radical (unpaired) electrons. The molecule has 0 bridgehead atoms. The van der Waals surface area contributed by atoms with E-state index in [4.69, 9.17) is 9.47 Å². The van der Waals surface area contributed by atoms with E-state index >= 15 is 0 Å². The molecule has 4 aromatic heterocycles. The Labute approximate surface area is 156 Å². The molecule has 0 unspecified atom stereocenters. The van der Waals surface area contributed by atoms with Gasteiger partial charge in [-0.25, -0.2) is 19.9 Å². The van der Waals surface area contributed by atoms with Gasteiger partial charge in [-0.3, -0.25) is 0 Å². The van der Waals surface area contributed by atoms with Gasteiger partial charge in [-0.2, -0.15) is 0 Å². The van der Waals surface area contributed by atoms with Gasteiger partial charge in [0.1, 0.15) is 11.4 Å². The Kier molecular flexibility index (Phi) is 4.65. The molecule has 0 aliphatic rings. The Morgan fingerprint density at radius 1 is 1.00 bits per heavy atom. The Morgan fingerprint density at radius 3 is 2.70 bits per heavy atom. The standard InChI is InChI=1S/C20H18N5O2/c1-26-16-7-17-14(10-23-20(17)24-11-16)6-15-9-21-12-25-18(15)5-13-3-4-19(27-2)22-8-13/h3-4,7-11H,5-6H2,1-2H3,(H,23,24). The van der Waals surface area contributed by atoms with E-state index in [2.05, 4.69) is 31.2 Å². The first-order valence-electron chi connectivity index (χ1n) is 8.46. The Morgan fingerprint density at radius 2 is 1.93 bits per heavy atom. The van der Waals surface area contributed by atoms with Gasteiger partial charge in [0.2, 0.25) is 5.88 Å². The summed E-state index contributed by atoms with van der Waals surface area (Å²) >= 11 is 0. The monoisotopic (exact) mass is 360 g/mol. The summed E-state index contributed by atoms with van der Waals surface area (Å²) in [7, 11) is 3.24. The van der Waals surface area contributed by atoms with E-state index in [1.54, 1.807) is 26.6 Å². The summed E-state index contributed by atoms with van der Waals surface area (Å²) in [4.78, 5) is 20.3. The maximum atomic E-state index is 5.30. The number of H-pyrrole nitrogens is 1. The molecule has 0 fully saturated rings. The predicted molar refractivity (Wildman–Crippen MR) is 99.9 cm³/mol. The van der Waals surface area contributed by atoms with Crippen LogP contribution >= 0.6 is 0 Å². The van der Waals surface area contributed by atoms with Gasteiger partial charge >= 0.3 is 0 Å². The topological polar surface area (TPSA) is 85.8 Å². The van der Waals surface area contributed by atoms with E-state index in [0.29, 0.717) is 18.7 Å². The van der Waals surface area contributed by atoms with E-state index < -0.39 is 0 Å². The summed E-state index contributed by atoms with van der Waals surface area (Å²) in [5.74, 6) is 1.32. The number of methoxy groups -OCH3 is 2. The van der Waals surface area contributed by atoms with E-state index in [1.807, 2.05) is 30.6 Å². The fraction of sp³-hybridized carbons (Fsp3) is 0.200. The van der Waals surface area contributed by atoms with E-state index in [-0.39, 0.29) is 0 Å². The first kappa shape index (κ1) is 17.0. The molecule has 0 aliphatic heterocycles. The summed E-state index contributed by atoms with van der Waals surface area (Å²) in [6, 6.07) is 5.81. The quantitative estimate of drug-likeness (QED) is 0.569. The molecule has 0 spiro atoms. The number of aromatic nitrogens is 5. The second kappa shape index (κ2) is 7.41. The van der Waals surface area contributed by atoms with Crippen LogP contribution in [0.1, 0.15) is 22.4 Å². The van der Waals surface area contributed by atoms with E-state index in [0.717, 1.165) is 39.2 Å². The first-order valence-corrected chi connectivity index (χ1v) is 8.46. The van der Waals surface area contributed by atoms with Crippen molar-refractivity contribution >= 4 is 11.0 Å². The molecule has 0 atom stereocenters. The highest BCUT2D eigenvalue weighted by Crippen LogP contribution is 2.24. The van der Waals surface area contributed by atoms with Gasteiger partial charge in [-0.15, -0.1) is 0 Å². The van der Waals surface area contributed by atoms with Crippen molar-refractivity contribution in [2.24, 2.45) is 0 Å². The van der Waals surface area contributed by atoms with Crippen LogP contribution in [0.2, 0.25) is 0 Å². The third-order valence-corrected chi connectivity index (χ3v) is 4.42. The smallest absolute Gasteiger partial charge is 0.212 e. The minimum absolute atomic E-state index is 0.591. The SMILES string of the molecule is COc1cnc2[nH]cc(Cc3cn[c]nc3Cc3ccc(OC)nc3)c2c1. The van der Waals surface area contributed by atoms with Crippen molar-refractivity contribution in [3.8, 4) is 11.6 Å². The Hall–Kier alpha value is -3.48. The van der Waals surface area contributed by atoms with Crippen LogP contribution in [-0.2, 0) is 12.8 Å². The van der Waals surface area contributed by atoms with Crippen LogP contribution in [-0.4, -0.2) is 39.1 Å². The number of nitrogens with one attached hydrogen (secondary N) is 1. The van der Waals surface area contributed by atoms with Crippen molar-refractivity contribution < 1.29 is 9.47 Å². The number of fused-ring (bicyclic) bond motifs is 1. The molecule has 0 amide bonds. The van der Waals surface area contributed by atoms with Crippen molar-refractivity contribution in [2.45, 2.75) is 12.8 Å². The average Bonchev–Trinajstić information content (AvgIpc) is 3.12. The zero-order valence-electron chi connectivity index (χ0n) is 15.1. The van der Waals surface area contributed by atoms with Gasteiger partial charge in [0, 0.05) is 42.9 Å². The molecular formula is C20H18N5O2. The lowest BCUT2D eigenvalue weighted by atomic mass is 10.0. The molecule has 135 valence electrons. The number of nitrogens with zero attached hydrogens (tertiary/aromatic N) is 4. The average molecular weight is 360 g/mol. The number of hydrogen-bond acceptors (Lipinski definition) is 6. The van der Waals surface area contributed by atoms with Crippen molar-refractivity contribution in [2.75, 3.05) is 14.2 Å². The molecule has 4 rings (SSSR count). The zero-order chi connectivity index (χ0) is 18.6. The van der Waals surface area contributed by atoms with Crippen LogP contribution in [0.4, 0.5) is 0 Å². The molecule has 7 nitrogen and oxygen atoms in total. The second-order valence-electron chi connectivity index (χ2n) is 6.09. The maximum Gasteiger partial charge on any atom is 0.212 e. The normalized spacial score (nSPS) is 10.9. The minimum atomic E-state index is 0.591. The fourth-order valence-corrected chi connectivity index (χ4v) is 2.97. The van der Waals surface area contributed by atoms with Crippen LogP contribution in [0.3, 0.4) is 0 Å². The third-order valence-electron chi connectivity index (χ3n) is 4.42. The lowest BCUT2D eigenvalue weighted by molar-refractivity contribution is 0.397. The van der Waals surface area contributed by atoms with E-state index in [9.17, 15) is 0 Å². The van der Waals surface area contributed by atoms with Crippen molar-refractivity contribution in [1.29, 1.82) is 0 Å². The van der Waals surface area contributed by atoms with Gasteiger partial charge in [-0.1, -0.05) is 6.07 Å². The number of pyridine rings is 2. The van der Waals surface area contributed by atoms with Gasteiger partial charge in [0.15, 0.2) is 6.33 Å². The molecule has 7 heteroatoms. The maximum absolute atomic E-state index is 5.30. The molecule has 27 heavy (non-hydrogen) atoms. The second-order valence-corrected chi connectivity index (χ2v) is 6.09. The molecule has 0 aromatic carbocycles. The summed E-state index contributed by atoms with van der Waals surface area (Å²) < 4.78 is 10.4. The third kappa shape index (κ3) is 3.57. The van der Waals surface area contributed by atoms with Crippen molar-refractivity contribution in [3.63, 3.8) is 0 Å². The molecule has 1 N–H and O–H groups in total. The predicted octanol–water partition coefficient (Wildman–Crippen LogP) is 2.75. The largest absolute Gasteiger partial charge is 0.495 e. The van der Waals surface area contributed by atoms with Gasteiger partial charge in [-0.05, 0) is 22.8 Å². The summed E-state index contributed by atoms with van der Waals surface area (Å²) in [5.41, 5.74) is 4.94. The lowest BCUT2D eigenvalue weighted by Gasteiger charge is -2.08. The highest BCUT2D eigenvalue weighted by Gasteiger charge is 2.12. The summed E-state index contributed by atoms with van der Waals surface area (Å²) in [6.45, 7) is 0. The summed E-state index contributed by atoms with van der Waals surface area (Å²) in [6.07, 6.45) is 11.3. The number of rotatable bonds is 6. The van der Waals surface area contributed by atoms with Crippen LogP contribution in [0, 0.1) is 6.33 Å². The first-order chi connectivity index (χ1) is 13.3. The van der Waals surface area contributed by atoms with Gasteiger partial charge in [0.05, 0.1) is 26.1 Å². The molecule has 0 saturated heterocycles. The molecular weight excluding hydrogens is 342 g/mol. The highest BCUT2D eigenvalue weighted by molar-refractivity contribution is 5.81. The highest BCUT2D eigenvalue weighted by atomic mass is 16.5. The fourth-order valence-electron chi connectivity index (χ4n) is 2.97. The number of aromatic amines is 1. The van der Waals surface area contributed by atoms with Crippen LogP contribution in [0.5, 0.6) is 11.6 Å². The number of ether oxygens (including phenoxy) is 2. The molecule has 0 aliphatic carbocycles. The van der Waals surface area contributed by atoms with Crippen molar-refractivity contribution in [1.82, 2.24) is 24.9 Å². The zero-order valence-corrected chi connectivity index (χ0v) is 15.1. The molecule has 0 saturated carbocycles. The van der Waals surface area contributed by atoms with Crippen LogP contribution in [0.25, 0.3) is 11.0 Å². The number of hydrogen-bond donors (Lipinski definition) is 1. The summed E-state index contributed by atoms with van der Waals surface area (Å²) in [5, 5.41) is 1.03. The lowest BCUT2D eigenvalue weighted by Crippen LogP contribution is -2.02. The van der Waals surface area contributed by atoms with Gasteiger partial charge in [0.25, 0.3) is 0 Å². The van der Waals surface area contributed by atoms with Gasteiger partial charge < -0.3 is 14.5 Å². The van der Waals surface area contributed by atoms with Crippen LogP contribution in [0.15, 0.2) is 43.0 Å². The van der Waals surface area contributed by atoms with Crippen LogP contribution < -0.4 is 9.47 Å². The minimum Gasteiger partial charge on any atom is -0.495 e. The van der Waals surface area contributed by atoms with E-state index in [1.165, 1.54) is 0 Å². The molecule has 4 heterocycles. The van der Waals surface area contributed by atoms with Crippen molar-refractivity contribution in [3.05, 3.63) is 71.7 Å². The Balaban J connectivity index is 1.63. The molecule has 4 aromatic rings.